The van der Waals surface area contributed by atoms with E-state index in [1.54, 1.807) is 19.1 Å². The molecule has 98 valence electrons. The molecule has 0 aromatic carbocycles. The van der Waals surface area contributed by atoms with Gasteiger partial charge in [-0.25, -0.2) is 0 Å². The van der Waals surface area contributed by atoms with Gasteiger partial charge in [-0.1, -0.05) is 0 Å². The predicted molar refractivity (Wildman–Crippen MR) is 65.7 cm³/mol. The van der Waals surface area contributed by atoms with Crippen molar-refractivity contribution in [3.8, 4) is 0 Å². The normalized spacial score (nSPS) is 9.89. The van der Waals surface area contributed by atoms with Crippen molar-refractivity contribution in [2.45, 2.75) is 19.9 Å². The van der Waals surface area contributed by atoms with E-state index >= 15 is 0 Å². The van der Waals surface area contributed by atoms with Crippen molar-refractivity contribution in [3.63, 3.8) is 0 Å². The largest absolute Gasteiger partial charge is 0.466 e. The summed E-state index contributed by atoms with van der Waals surface area (Å²) in [5, 5.41) is 2.63. The smallest absolute Gasteiger partial charge is 0.307 e. The van der Waals surface area contributed by atoms with Gasteiger partial charge < -0.3 is 15.8 Å². The van der Waals surface area contributed by atoms with Crippen molar-refractivity contribution in [2.75, 3.05) is 13.2 Å². The summed E-state index contributed by atoms with van der Waals surface area (Å²) < 4.78 is 4.75. The van der Waals surface area contributed by atoms with Crippen molar-refractivity contribution in [2.24, 2.45) is 5.73 Å². The van der Waals surface area contributed by atoms with E-state index in [-0.39, 0.29) is 31.4 Å². The topological polar surface area (TPSA) is 94.3 Å². The Bertz CT molecular complexity index is 421. The first kappa shape index (κ1) is 14.1. The van der Waals surface area contributed by atoms with Crippen LogP contribution in [-0.4, -0.2) is 30.0 Å². The van der Waals surface area contributed by atoms with E-state index in [0.29, 0.717) is 17.9 Å². The maximum Gasteiger partial charge on any atom is 0.307 e. The van der Waals surface area contributed by atoms with Gasteiger partial charge in [0.15, 0.2) is 0 Å². The Morgan fingerprint density at radius 2 is 2.28 bits per heavy atom. The average molecular weight is 251 g/mol. The lowest BCUT2D eigenvalue weighted by Gasteiger charge is -2.05. The monoisotopic (exact) mass is 251 g/mol. The van der Waals surface area contributed by atoms with Gasteiger partial charge in [0.05, 0.1) is 18.7 Å². The first-order chi connectivity index (χ1) is 8.67. The van der Waals surface area contributed by atoms with Gasteiger partial charge in [-0.05, 0) is 19.1 Å². The molecular weight excluding hydrogens is 234 g/mol. The fourth-order valence-corrected chi connectivity index (χ4v) is 1.34. The van der Waals surface area contributed by atoms with Gasteiger partial charge in [0.2, 0.25) is 0 Å². The third-order valence-corrected chi connectivity index (χ3v) is 2.21. The number of nitrogens with one attached hydrogen (secondary N) is 1. The highest BCUT2D eigenvalue weighted by atomic mass is 16.5. The van der Waals surface area contributed by atoms with Crippen LogP contribution in [0.1, 0.15) is 29.4 Å². The molecule has 18 heavy (non-hydrogen) atoms. The van der Waals surface area contributed by atoms with E-state index < -0.39 is 0 Å². The molecule has 1 aromatic rings. The standard InChI is InChI=1S/C12H17N3O3/c1-2-18-11(16)4-6-15-12(17)9-3-5-14-10(7-9)8-13/h3,5,7H,2,4,6,8,13H2,1H3,(H,15,17). The van der Waals surface area contributed by atoms with Gasteiger partial charge >= 0.3 is 5.97 Å². The zero-order valence-corrected chi connectivity index (χ0v) is 10.3. The molecule has 0 unspecified atom stereocenters. The Morgan fingerprint density at radius 1 is 1.50 bits per heavy atom. The highest BCUT2D eigenvalue weighted by Crippen LogP contribution is 2.01. The molecule has 0 spiro atoms. The van der Waals surface area contributed by atoms with E-state index in [2.05, 4.69) is 10.3 Å². The molecule has 1 rings (SSSR count). The first-order valence-corrected chi connectivity index (χ1v) is 5.76. The maximum atomic E-state index is 11.7. The predicted octanol–water partition coefficient (Wildman–Crippen LogP) is 0.223. The number of carbonyl (C=O) groups excluding carboxylic acids is 2. The van der Waals surface area contributed by atoms with E-state index in [0.717, 1.165) is 0 Å². The number of pyridine rings is 1. The summed E-state index contributed by atoms with van der Waals surface area (Å²) in [7, 11) is 0. The van der Waals surface area contributed by atoms with Gasteiger partial charge in [0.1, 0.15) is 0 Å². The van der Waals surface area contributed by atoms with Crippen LogP contribution in [-0.2, 0) is 16.1 Å². The van der Waals surface area contributed by atoms with Crippen LogP contribution < -0.4 is 11.1 Å². The molecule has 0 fully saturated rings. The van der Waals surface area contributed by atoms with Crippen molar-refractivity contribution in [1.82, 2.24) is 10.3 Å². The van der Waals surface area contributed by atoms with Crippen molar-refractivity contribution < 1.29 is 14.3 Å². The summed E-state index contributed by atoms with van der Waals surface area (Å²) in [6.07, 6.45) is 1.69. The summed E-state index contributed by atoms with van der Waals surface area (Å²) >= 11 is 0. The molecule has 6 nitrogen and oxygen atoms in total. The number of ether oxygens (including phenoxy) is 1. The first-order valence-electron chi connectivity index (χ1n) is 5.76. The lowest BCUT2D eigenvalue weighted by molar-refractivity contribution is -0.142. The lowest BCUT2D eigenvalue weighted by atomic mass is 10.2. The van der Waals surface area contributed by atoms with Crippen LogP contribution in [0.2, 0.25) is 0 Å². The van der Waals surface area contributed by atoms with Crippen LogP contribution in [0.4, 0.5) is 0 Å². The zero-order valence-electron chi connectivity index (χ0n) is 10.3. The SMILES string of the molecule is CCOC(=O)CCNC(=O)c1ccnc(CN)c1. The molecular formula is C12H17N3O3. The number of carbonyl (C=O) groups is 2. The van der Waals surface area contributed by atoms with Crippen molar-refractivity contribution in [3.05, 3.63) is 29.6 Å². The molecule has 1 heterocycles. The van der Waals surface area contributed by atoms with Crippen molar-refractivity contribution >= 4 is 11.9 Å². The van der Waals surface area contributed by atoms with Gasteiger partial charge in [0, 0.05) is 24.8 Å². The Morgan fingerprint density at radius 3 is 2.94 bits per heavy atom. The second-order valence-corrected chi connectivity index (χ2v) is 3.55. The van der Waals surface area contributed by atoms with E-state index in [1.165, 1.54) is 6.20 Å². The number of hydrogen-bond acceptors (Lipinski definition) is 5. The molecule has 0 aliphatic rings. The van der Waals surface area contributed by atoms with Crippen LogP contribution in [0, 0.1) is 0 Å². The summed E-state index contributed by atoms with van der Waals surface area (Å²) in [6, 6.07) is 3.22. The zero-order chi connectivity index (χ0) is 13.4. The van der Waals surface area contributed by atoms with Gasteiger partial charge in [-0.15, -0.1) is 0 Å². The number of aromatic nitrogens is 1. The summed E-state index contributed by atoms with van der Waals surface area (Å²) in [4.78, 5) is 26.8. The van der Waals surface area contributed by atoms with Crippen LogP contribution in [0.25, 0.3) is 0 Å². The van der Waals surface area contributed by atoms with Crippen LogP contribution in [0.15, 0.2) is 18.3 Å². The van der Waals surface area contributed by atoms with Crippen LogP contribution in [0.5, 0.6) is 0 Å². The molecule has 0 aliphatic carbocycles. The molecule has 0 saturated heterocycles. The number of rotatable bonds is 6. The molecule has 0 radical (unpaired) electrons. The molecule has 1 amide bonds. The minimum atomic E-state index is -0.324. The Hall–Kier alpha value is -1.95. The fourth-order valence-electron chi connectivity index (χ4n) is 1.34. The number of amides is 1. The highest BCUT2D eigenvalue weighted by Gasteiger charge is 2.07. The molecule has 6 heteroatoms. The van der Waals surface area contributed by atoms with E-state index in [9.17, 15) is 9.59 Å². The van der Waals surface area contributed by atoms with Gasteiger partial charge in [-0.2, -0.15) is 0 Å². The minimum Gasteiger partial charge on any atom is -0.466 e. The second kappa shape index (κ2) is 7.39. The van der Waals surface area contributed by atoms with Gasteiger partial charge in [0.25, 0.3) is 5.91 Å². The summed E-state index contributed by atoms with van der Waals surface area (Å²) in [5.41, 5.74) is 6.56. The molecule has 0 bridgehead atoms. The molecule has 3 N–H and O–H groups in total. The van der Waals surface area contributed by atoms with Crippen LogP contribution >= 0.6 is 0 Å². The van der Waals surface area contributed by atoms with Crippen molar-refractivity contribution in [1.29, 1.82) is 0 Å². The van der Waals surface area contributed by atoms with E-state index in [1.807, 2.05) is 0 Å². The summed E-state index contributed by atoms with van der Waals surface area (Å²) in [6.45, 7) is 2.61. The third-order valence-electron chi connectivity index (χ3n) is 2.21. The maximum absolute atomic E-state index is 11.7. The van der Waals surface area contributed by atoms with Gasteiger partial charge in [-0.3, -0.25) is 14.6 Å². The fraction of sp³-hybridized carbons (Fsp3) is 0.417. The van der Waals surface area contributed by atoms with E-state index in [4.69, 9.17) is 10.5 Å². The number of esters is 1. The Labute approximate surface area is 106 Å². The molecule has 0 saturated carbocycles. The minimum absolute atomic E-state index is 0.161. The third kappa shape index (κ3) is 4.50. The highest BCUT2D eigenvalue weighted by molar-refractivity contribution is 5.94. The molecule has 0 aliphatic heterocycles. The Balaban J connectivity index is 2.42. The number of nitrogens with two attached hydrogens (primary N) is 1. The number of nitrogens with zero attached hydrogens (tertiary/aromatic N) is 1. The quantitative estimate of drug-likeness (QED) is 0.705. The Kier molecular flexibility index (Phi) is 5.79. The lowest BCUT2D eigenvalue weighted by Crippen LogP contribution is -2.26. The summed E-state index contributed by atoms with van der Waals surface area (Å²) in [5.74, 6) is -0.577. The second-order valence-electron chi connectivity index (χ2n) is 3.55. The number of hydrogen-bond donors (Lipinski definition) is 2. The molecule has 1 aromatic heterocycles. The average Bonchev–Trinajstić information content (AvgIpc) is 2.39. The molecule has 0 atom stereocenters. The van der Waals surface area contributed by atoms with Crippen LogP contribution in [0.3, 0.4) is 0 Å².